The zero-order valence-corrected chi connectivity index (χ0v) is 19.2. The van der Waals surface area contributed by atoms with E-state index >= 15 is 0 Å². The number of pyridine rings is 1. The highest BCUT2D eigenvalue weighted by molar-refractivity contribution is 6.33. The van der Waals surface area contributed by atoms with E-state index in [2.05, 4.69) is 54.1 Å². The van der Waals surface area contributed by atoms with Gasteiger partial charge in [-0.25, -0.2) is 4.98 Å². The van der Waals surface area contributed by atoms with Gasteiger partial charge < -0.3 is 19.2 Å². The normalized spacial score (nSPS) is 22.1. The van der Waals surface area contributed by atoms with Crippen molar-refractivity contribution >= 4 is 22.8 Å². The molecule has 0 aliphatic carbocycles. The molecule has 33 heavy (non-hydrogen) atoms. The fourth-order valence-electron chi connectivity index (χ4n) is 4.77. The molecular formula is C26H24ClN3O3. The molecular weight excluding hydrogens is 438 g/mol. The van der Waals surface area contributed by atoms with Crippen LogP contribution in [0.1, 0.15) is 17.5 Å². The van der Waals surface area contributed by atoms with Gasteiger partial charge in [0.2, 0.25) is 0 Å². The van der Waals surface area contributed by atoms with Crippen molar-refractivity contribution in [1.29, 1.82) is 0 Å². The second kappa shape index (κ2) is 8.13. The van der Waals surface area contributed by atoms with Gasteiger partial charge in [0, 0.05) is 12.2 Å². The second-order valence-corrected chi connectivity index (χ2v) is 9.19. The molecule has 4 aromatic rings. The summed E-state index contributed by atoms with van der Waals surface area (Å²) in [6.07, 6.45) is 0.810. The molecule has 6 rings (SSSR count). The Labute approximate surface area is 196 Å². The second-order valence-electron chi connectivity index (χ2n) is 8.78. The molecule has 0 saturated carbocycles. The predicted molar refractivity (Wildman–Crippen MR) is 128 cm³/mol. The molecule has 4 heterocycles. The summed E-state index contributed by atoms with van der Waals surface area (Å²) < 4.78 is 17.6. The number of aromatic nitrogens is 3. The average molecular weight is 462 g/mol. The monoisotopic (exact) mass is 461 g/mol. The standard InChI is InChI=1S/C26H24ClN3O3/c1-14-3-8-18(15(2)11-14)16-4-6-17(7-5-16)23-19(27)12-20-25(29-23)30-26(28-20)33-22-13-32-21-9-10-31-24(21)22/h3-8,11-12,21-22,24H,9-10,13H2,1-2H3,(H,28,29,30)/t21-,22-,24+/m1/s1. The molecule has 168 valence electrons. The van der Waals surface area contributed by atoms with Crippen LogP contribution in [0.4, 0.5) is 0 Å². The maximum absolute atomic E-state index is 6.60. The molecule has 0 bridgehead atoms. The zero-order valence-electron chi connectivity index (χ0n) is 18.5. The minimum absolute atomic E-state index is 0.0407. The fraction of sp³-hybridized carbons (Fsp3) is 0.308. The molecule has 3 atom stereocenters. The van der Waals surface area contributed by atoms with Gasteiger partial charge in [0.1, 0.15) is 6.10 Å². The van der Waals surface area contributed by atoms with Crippen LogP contribution in [0.3, 0.4) is 0 Å². The third-order valence-corrected chi connectivity index (χ3v) is 6.73. The summed E-state index contributed by atoms with van der Waals surface area (Å²) in [6.45, 7) is 5.45. The van der Waals surface area contributed by atoms with Crippen molar-refractivity contribution in [2.75, 3.05) is 13.2 Å². The first kappa shape index (κ1) is 20.7. The maximum Gasteiger partial charge on any atom is 0.296 e. The van der Waals surface area contributed by atoms with Crippen LogP contribution >= 0.6 is 11.6 Å². The number of ether oxygens (including phenoxy) is 3. The molecule has 2 aromatic heterocycles. The Morgan fingerprint density at radius 2 is 1.82 bits per heavy atom. The van der Waals surface area contributed by atoms with Crippen molar-refractivity contribution in [2.45, 2.75) is 38.6 Å². The fourth-order valence-corrected chi connectivity index (χ4v) is 5.03. The van der Waals surface area contributed by atoms with Gasteiger partial charge in [-0.3, -0.25) is 0 Å². The van der Waals surface area contributed by atoms with Crippen LogP contribution in [0.25, 0.3) is 33.5 Å². The largest absolute Gasteiger partial charge is 0.456 e. The van der Waals surface area contributed by atoms with Gasteiger partial charge in [-0.05, 0) is 43.0 Å². The first-order valence-corrected chi connectivity index (χ1v) is 11.6. The molecule has 0 spiro atoms. The lowest BCUT2D eigenvalue weighted by Crippen LogP contribution is -2.32. The van der Waals surface area contributed by atoms with Crippen molar-refractivity contribution in [3.63, 3.8) is 0 Å². The van der Waals surface area contributed by atoms with E-state index < -0.39 is 0 Å². The molecule has 1 N–H and O–H groups in total. The number of halogens is 1. The Morgan fingerprint density at radius 1 is 1.00 bits per heavy atom. The molecule has 0 unspecified atom stereocenters. The summed E-state index contributed by atoms with van der Waals surface area (Å²) in [5.74, 6) is 0. The number of hydrogen-bond acceptors (Lipinski definition) is 5. The average Bonchev–Trinajstić information content (AvgIpc) is 3.50. The number of H-pyrrole nitrogens is 1. The number of hydrogen-bond donors (Lipinski definition) is 1. The lowest BCUT2D eigenvalue weighted by molar-refractivity contribution is 0.0273. The van der Waals surface area contributed by atoms with E-state index in [1.165, 1.54) is 16.7 Å². The molecule has 6 nitrogen and oxygen atoms in total. The van der Waals surface area contributed by atoms with E-state index in [1.54, 1.807) is 0 Å². The molecule has 2 aromatic carbocycles. The molecule has 2 aliphatic rings. The zero-order chi connectivity index (χ0) is 22.5. The first-order chi connectivity index (χ1) is 16.0. The summed E-state index contributed by atoms with van der Waals surface area (Å²) in [4.78, 5) is 12.4. The number of benzene rings is 2. The van der Waals surface area contributed by atoms with Crippen LogP contribution in [-0.4, -0.2) is 46.5 Å². The number of fused-ring (bicyclic) bond motifs is 2. The number of aromatic amines is 1. The minimum Gasteiger partial charge on any atom is -0.456 e. The van der Waals surface area contributed by atoms with Gasteiger partial charge in [-0.1, -0.05) is 59.6 Å². The summed E-state index contributed by atoms with van der Waals surface area (Å²) in [7, 11) is 0. The first-order valence-electron chi connectivity index (χ1n) is 11.2. The number of nitrogens with zero attached hydrogens (tertiary/aromatic N) is 2. The molecule has 2 aliphatic heterocycles. The van der Waals surface area contributed by atoms with Gasteiger partial charge >= 0.3 is 0 Å². The Hall–Kier alpha value is -2.93. The van der Waals surface area contributed by atoms with Crippen molar-refractivity contribution < 1.29 is 14.2 Å². The summed E-state index contributed by atoms with van der Waals surface area (Å²) in [5.41, 5.74) is 7.82. The number of nitrogens with one attached hydrogen (secondary N) is 1. The minimum atomic E-state index is -0.175. The Morgan fingerprint density at radius 3 is 2.64 bits per heavy atom. The van der Waals surface area contributed by atoms with Crippen LogP contribution in [0.2, 0.25) is 5.02 Å². The SMILES string of the molecule is Cc1ccc(-c2ccc(-c3nc4nc(O[C@@H]5CO[C@@H]6CCO[C@@H]65)[nH]c4cc3Cl)cc2)c(C)c1. The van der Waals surface area contributed by atoms with Crippen LogP contribution in [0, 0.1) is 13.8 Å². The maximum atomic E-state index is 6.60. The Kier molecular flexibility index (Phi) is 5.09. The molecule has 0 radical (unpaired) electrons. The van der Waals surface area contributed by atoms with Crippen LogP contribution in [0.5, 0.6) is 6.01 Å². The highest BCUT2D eigenvalue weighted by Crippen LogP contribution is 2.33. The number of rotatable bonds is 4. The van der Waals surface area contributed by atoms with E-state index in [1.807, 2.05) is 18.2 Å². The third kappa shape index (κ3) is 3.78. The molecule has 2 saturated heterocycles. The molecule has 7 heteroatoms. The topological polar surface area (TPSA) is 69.3 Å². The Bertz CT molecular complexity index is 1330. The van der Waals surface area contributed by atoms with Crippen molar-refractivity contribution in [1.82, 2.24) is 15.0 Å². The molecule has 0 amide bonds. The molecule has 2 fully saturated rings. The van der Waals surface area contributed by atoms with Crippen molar-refractivity contribution in [2.24, 2.45) is 0 Å². The lowest BCUT2D eigenvalue weighted by atomic mass is 9.97. The van der Waals surface area contributed by atoms with Gasteiger partial charge in [-0.2, -0.15) is 4.98 Å². The quantitative estimate of drug-likeness (QED) is 0.434. The van der Waals surface area contributed by atoms with Gasteiger partial charge in [0.25, 0.3) is 6.01 Å². The Balaban J connectivity index is 1.27. The van der Waals surface area contributed by atoms with Crippen LogP contribution < -0.4 is 4.74 Å². The predicted octanol–water partition coefficient (Wildman–Crippen LogP) is 5.50. The van der Waals surface area contributed by atoms with E-state index in [9.17, 15) is 0 Å². The lowest BCUT2D eigenvalue weighted by Gasteiger charge is -2.15. The highest BCUT2D eigenvalue weighted by atomic mass is 35.5. The smallest absolute Gasteiger partial charge is 0.296 e. The van der Waals surface area contributed by atoms with Gasteiger partial charge in [0.15, 0.2) is 11.8 Å². The van der Waals surface area contributed by atoms with E-state index in [-0.39, 0.29) is 18.3 Å². The van der Waals surface area contributed by atoms with Gasteiger partial charge in [-0.15, -0.1) is 0 Å². The third-order valence-electron chi connectivity index (χ3n) is 6.44. The van der Waals surface area contributed by atoms with Crippen LogP contribution in [0.15, 0.2) is 48.5 Å². The van der Waals surface area contributed by atoms with Crippen molar-refractivity contribution in [3.8, 4) is 28.4 Å². The van der Waals surface area contributed by atoms with E-state index in [4.69, 9.17) is 30.8 Å². The number of imidazole rings is 1. The highest BCUT2D eigenvalue weighted by Gasteiger charge is 2.43. The number of aryl methyl sites for hydroxylation is 2. The van der Waals surface area contributed by atoms with Gasteiger partial charge in [0.05, 0.1) is 28.9 Å². The van der Waals surface area contributed by atoms with Crippen LogP contribution in [-0.2, 0) is 9.47 Å². The van der Waals surface area contributed by atoms with E-state index in [0.29, 0.717) is 35.6 Å². The van der Waals surface area contributed by atoms with E-state index in [0.717, 1.165) is 23.1 Å². The summed E-state index contributed by atoms with van der Waals surface area (Å²) in [5, 5.41) is 0.556. The van der Waals surface area contributed by atoms with Crippen molar-refractivity contribution in [3.05, 3.63) is 64.7 Å². The summed E-state index contributed by atoms with van der Waals surface area (Å²) >= 11 is 6.60. The summed E-state index contributed by atoms with van der Waals surface area (Å²) in [6, 6.07) is 17.0.